The van der Waals surface area contributed by atoms with Crippen LogP contribution in [0.3, 0.4) is 0 Å². The summed E-state index contributed by atoms with van der Waals surface area (Å²) in [5.74, 6) is 0.866. The first-order chi connectivity index (χ1) is 10.8. The molecule has 0 aliphatic carbocycles. The van der Waals surface area contributed by atoms with Gasteiger partial charge in [-0.2, -0.15) is 0 Å². The van der Waals surface area contributed by atoms with Crippen LogP contribution in [0.25, 0.3) is 11.1 Å². The average Bonchev–Trinajstić information content (AvgIpc) is 2.61. The second-order valence-electron chi connectivity index (χ2n) is 4.90. The highest BCUT2D eigenvalue weighted by Gasteiger charge is 2.00. The molecule has 3 aromatic rings. The number of anilines is 1. The molecular formula is C18H17N3O. The van der Waals surface area contributed by atoms with E-state index < -0.39 is 0 Å². The van der Waals surface area contributed by atoms with Gasteiger partial charge in [0, 0.05) is 36.9 Å². The number of ether oxygens (including phenoxy) is 1. The number of pyridine rings is 2. The van der Waals surface area contributed by atoms with Crippen LogP contribution in [0.1, 0.15) is 5.56 Å². The highest BCUT2D eigenvalue weighted by Crippen LogP contribution is 2.21. The van der Waals surface area contributed by atoms with E-state index in [0.29, 0.717) is 0 Å². The molecule has 4 heteroatoms. The molecule has 0 aliphatic rings. The van der Waals surface area contributed by atoms with Crippen LogP contribution in [0, 0.1) is 0 Å². The molecule has 0 amide bonds. The van der Waals surface area contributed by atoms with Gasteiger partial charge in [0.05, 0.1) is 12.8 Å². The first kappa shape index (κ1) is 14.1. The number of nitrogens with zero attached hydrogens (tertiary/aromatic N) is 2. The molecule has 1 aromatic carbocycles. The van der Waals surface area contributed by atoms with Crippen LogP contribution < -0.4 is 10.1 Å². The molecule has 0 aliphatic heterocycles. The maximum absolute atomic E-state index is 5.16. The largest absolute Gasteiger partial charge is 0.497 e. The zero-order valence-electron chi connectivity index (χ0n) is 12.4. The topological polar surface area (TPSA) is 47.0 Å². The molecule has 22 heavy (non-hydrogen) atoms. The standard InChI is InChI=1S/C18H17N3O/c1-22-18-4-2-14(3-5-18)11-21-17-10-16(12-20-13-17)15-6-8-19-9-7-15/h2-10,12-13,21H,11H2,1H3. The molecule has 0 spiro atoms. The van der Waals surface area contributed by atoms with Gasteiger partial charge in [0.1, 0.15) is 5.75 Å². The normalized spacial score (nSPS) is 10.2. The third-order valence-electron chi connectivity index (χ3n) is 3.41. The van der Waals surface area contributed by atoms with E-state index in [1.54, 1.807) is 19.5 Å². The Hall–Kier alpha value is -2.88. The Morgan fingerprint density at radius 3 is 2.41 bits per heavy atom. The van der Waals surface area contributed by atoms with E-state index >= 15 is 0 Å². The predicted molar refractivity (Wildman–Crippen MR) is 87.8 cm³/mol. The first-order valence-corrected chi connectivity index (χ1v) is 7.07. The lowest BCUT2D eigenvalue weighted by Crippen LogP contribution is -2.00. The summed E-state index contributed by atoms with van der Waals surface area (Å²) < 4.78 is 5.16. The van der Waals surface area contributed by atoms with Crippen LogP contribution in [-0.2, 0) is 6.54 Å². The third kappa shape index (κ3) is 3.41. The van der Waals surface area contributed by atoms with Gasteiger partial charge in [-0.15, -0.1) is 0 Å². The monoisotopic (exact) mass is 291 g/mol. The maximum Gasteiger partial charge on any atom is 0.118 e. The predicted octanol–water partition coefficient (Wildman–Crippen LogP) is 3.76. The lowest BCUT2D eigenvalue weighted by Gasteiger charge is -2.09. The van der Waals surface area contributed by atoms with Gasteiger partial charge in [0.25, 0.3) is 0 Å². The Kier molecular flexibility index (Phi) is 4.30. The summed E-state index contributed by atoms with van der Waals surface area (Å²) >= 11 is 0. The van der Waals surface area contributed by atoms with Gasteiger partial charge in [0.15, 0.2) is 0 Å². The number of rotatable bonds is 5. The van der Waals surface area contributed by atoms with Gasteiger partial charge in [-0.1, -0.05) is 12.1 Å². The van der Waals surface area contributed by atoms with Gasteiger partial charge in [-0.05, 0) is 41.5 Å². The van der Waals surface area contributed by atoms with E-state index in [4.69, 9.17) is 4.74 Å². The van der Waals surface area contributed by atoms with Crippen molar-refractivity contribution in [3.05, 3.63) is 72.8 Å². The molecular weight excluding hydrogens is 274 g/mol. The van der Waals surface area contributed by atoms with Gasteiger partial charge < -0.3 is 10.1 Å². The smallest absolute Gasteiger partial charge is 0.118 e. The van der Waals surface area contributed by atoms with Gasteiger partial charge in [0.2, 0.25) is 0 Å². The highest BCUT2D eigenvalue weighted by atomic mass is 16.5. The minimum Gasteiger partial charge on any atom is -0.497 e. The molecule has 2 heterocycles. The van der Waals surface area contributed by atoms with Gasteiger partial charge >= 0.3 is 0 Å². The number of aromatic nitrogens is 2. The fourth-order valence-electron chi connectivity index (χ4n) is 2.19. The second kappa shape index (κ2) is 6.72. The molecule has 1 N–H and O–H groups in total. The van der Waals surface area contributed by atoms with E-state index in [-0.39, 0.29) is 0 Å². The van der Waals surface area contributed by atoms with E-state index in [9.17, 15) is 0 Å². The summed E-state index contributed by atoms with van der Waals surface area (Å²) in [5.41, 5.74) is 4.36. The molecule has 0 atom stereocenters. The van der Waals surface area contributed by atoms with Crippen molar-refractivity contribution in [2.45, 2.75) is 6.54 Å². The first-order valence-electron chi connectivity index (χ1n) is 7.07. The summed E-state index contributed by atoms with van der Waals surface area (Å²) in [7, 11) is 1.67. The molecule has 4 nitrogen and oxygen atoms in total. The van der Waals surface area contributed by atoms with E-state index in [1.165, 1.54) is 5.56 Å². The zero-order chi connectivity index (χ0) is 15.2. The quantitative estimate of drug-likeness (QED) is 0.777. The molecule has 2 aromatic heterocycles. The number of benzene rings is 1. The highest BCUT2D eigenvalue weighted by molar-refractivity contribution is 5.66. The van der Waals surface area contributed by atoms with Crippen molar-refractivity contribution in [3.63, 3.8) is 0 Å². The van der Waals surface area contributed by atoms with Crippen molar-refractivity contribution < 1.29 is 4.74 Å². The average molecular weight is 291 g/mol. The van der Waals surface area contributed by atoms with Crippen LogP contribution in [0.2, 0.25) is 0 Å². The van der Waals surface area contributed by atoms with Crippen molar-refractivity contribution in [1.29, 1.82) is 0 Å². The molecule has 0 fully saturated rings. The molecule has 0 unspecified atom stereocenters. The van der Waals surface area contributed by atoms with E-state index in [2.05, 4.69) is 21.4 Å². The lowest BCUT2D eigenvalue weighted by molar-refractivity contribution is 0.414. The number of methoxy groups -OCH3 is 1. The molecule has 0 saturated heterocycles. The fraction of sp³-hybridized carbons (Fsp3) is 0.111. The summed E-state index contributed by atoms with van der Waals surface area (Å²) in [6.45, 7) is 0.742. The van der Waals surface area contributed by atoms with Crippen LogP contribution >= 0.6 is 0 Å². The van der Waals surface area contributed by atoms with E-state index in [1.807, 2.05) is 48.8 Å². The van der Waals surface area contributed by atoms with Crippen LogP contribution in [-0.4, -0.2) is 17.1 Å². The number of hydrogen-bond acceptors (Lipinski definition) is 4. The summed E-state index contributed by atoms with van der Waals surface area (Å²) in [6, 6.07) is 14.1. The van der Waals surface area contributed by atoms with Crippen molar-refractivity contribution in [2.24, 2.45) is 0 Å². The summed E-state index contributed by atoms with van der Waals surface area (Å²) in [6.07, 6.45) is 7.25. The second-order valence-corrected chi connectivity index (χ2v) is 4.90. The summed E-state index contributed by atoms with van der Waals surface area (Å²) in [5, 5.41) is 3.39. The van der Waals surface area contributed by atoms with Crippen LogP contribution in [0.15, 0.2) is 67.3 Å². The Labute approximate surface area is 129 Å². The Balaban J connectivity index is 1.70. The zero-order valence-corrected chi connectivity index (χ0v) is 12.4. The van der Waals surface area contributed by atoms with E-state index in [0.717, 1.165) is 29.1 Å². The molecule has 0 saturated carbocycles. The minimum atomic E-state index is 0.742. The van der Waals surface area contributed by atoms with Crippen molar-refractivity contribution in [1.82, 2.24) is 9.97 Å². The minimum absolute atomic E-state index is 0.742. The molecule has 0 radical (unpaired) electrons. The number of hydrogen-bond donors (Lipinski definition) is 1. The fourth-order valence-corrected chi connectivity index (χ4v) is 2.19. The molecule has 3 rings (SSSR count). The van der Waals surface area contributed by atoms with Crippen LogP contribution in [0.4, 0.5) is 5.69 Å². The van der Waals surface area contributed by atoms with Crippen molar-refractivity contribution in [3.8, 4) is 16.9 Å². The van der Waals surface area contributed by atoms with Gasteiger partial charge in [-0.25, -0.2) is 0 Å². The van der Waals surface area contributed by atoms with Gasteiger partial charge in [-0.3, -0.25) is 9.97 Å². The SMILES string of the molecule is COc1ccc(CNc2cncc(-c3ccncc3)c2)cc1. The third-order valence-corrected chi connectivity index (χ3v) is 3.41. The Morgan fingerprint density at radius 1 is 0.909 bits per heavy atom. The summed E-state index contributed by atoms with van der Waals surface area (Å²) in [4.78, 5) is 8.33. The lowest BCUT2D eigenvalue weighted by atomic mass is 10.1. The van der Waals surface area contributed by atoms with Crippen molar-refractivity contribution >= 4 is 5.69 Å². The maximum atomic E-state index is 5.16. The van der Waals surface area contributed by atoms with Crippen molar-refractivity contribution in [2.75, 3.05) is 12.4 Å². The Bertz CT molecular complexity index is 727. The molecule has 0 bridgehead atoms. The number of nitrogens with one attached hydrogen (secondary N) is 1. The Morgan fingerprint density at radius 2 is 1.68 bits per heavy atom. The molecule has 110 valence electrons. The van der Waals surface area contributed by atoms with Crippen LogP contribution in [0.5, 0.6) is 5.75 Å².